The molecule has 23 heavy (non-hydrogen) atoms. The number of aromatic nitrogens is 3. The van der Waals surface area contributed by atoms with Crippen molar-refractivity contribution < 1.29 is 14.1 Å². The van der Waals surface area contributed by atoms with Crippen molar-refractivity contribution in [3.63, 3.8) is 0 Å². The highest BCUT2D eigenvalue weighted by molar-refractivity contribution is 7.13. The lowest BCUT2D eigenvalue weighted by Crippen LogP contribution is -2.43. The van der Waals surface area contributed by atoms with Crippen LogP contribution in [0.15, 0.2) is 4.52 Å². The third-order valence-electron chi connectivity index (χ3n) is 3.74. The first-order valence-electron chi connectivity index (χ1n) is 7.63. The fraction of sp³-hybridized carbons (Fsp3) is 0.600. The van der Waals surface area contributed by atoms with Gasteiger partial charge in [0.1, 0.15) is 10.9 Å². The highest BCUT2D eigenvalue weighted by atomic mass is 32.1. The molecule has 1 amide bonds. The van der Waals surface area contributed by atoms with E-state index in [9.17, 15) is 4.79 Å². The van der Waals surface area contributed by atoms with Crippen molar-refractivity contribution in [2.45, 2.75) is 39.7 Å². The summed E-state index contributed by atoms with van der Waals surface area (Å²) in [7, 11) is 0. The summed E-state index contributed by atoms with van der Waals surface area (Å²) in [5.41, 5.74) is 0.763. The molecule has 8 heteroatoms. The van der Waals surface area contributed by atoms with Gasteiger partial charge in [0, 0.05) is 12.5 Å². The molecule has 1 atom stereocenters. The topological polar surface area (TPSA) is 81.4 Å². The van der Waals surface area contributed by atoms with E-state index in [-0.39, 0.29) is 17.9 Å². The van der Waals surface area contributed by atoms with Gasteiger partial charge in [-0.2, -0.15) is 4.98 Å². The van der Waals surface area contributed by atoms with E-state index in [1.165, 1.54) is 11.3 Å². The highest BCUT2D eigenvalue weighted by Crippen LogP contribution is 2.28. The van der Waals surface area contributed by atoms with Crippen LogP contribution in [0.4, 0.5) is 0 Å². The van der Waals surface area contributed by atoms with Crippen LogP contribution in [0.5, 0.6) is 0 Å². The van der Waals surface area contributed by atoms with E-state index < -0.39 is 0 Å². The molecule has 3 rings (SSSR count). The van der Waals surface area contributed by atoms with Crippen LogP contribution >= 0.6 is 11.3 Å². The average molecular weight is 336 g/mol. The van der Waals surface area contributed by atoms with Crippen molar-refractivity contribution in [2.24, 2.45) is 0 Å². The third kappa shape index (κ3) is 3.13. The maximum absolute atomic E-state index is 12.9. The van der Waals surface area contributed by atoms with Gasteiger partial charge in [0.05, 0.1) is 23.9 Å². The first-order valence-corrected chi connectivity index (χ1v) is 8.45. The summed E-state index contributed by atoms with van der Waals surface area (Å²) in [6.07, 6.45) is 0. The number of hydrogen-bond donors (Lipinski definition) is 0. The number of amides is 1. The first-order chi connectivity index (χ1) is 11.0. The Hall–Kier alpha value is -1.80. The third-order valence-corrected chi connectivity index (χ3v) is 4.80. The second-order valence-electron chi connectivity index (χ2n) is 5.88. The van der Waals surface area contributed by atoms with Crippen molar-refractivity contribution in [1.29, 1.82) is 0 Å². The molecule has 124 valence electrons. The lowest BCUT2D eigenvalue weighted by Gasteiger charge is -2.33. The van der Waals surface area contributed by atoms with E-state index in [0.717, 1.165) is 10.7 Å². The molecule has 2 aromatic heterocycles. The van der Waals surface area contributed by atoms with Gasteiger partial charge in [-0.15, -0.1) is 11.3 Å². The summed E-state index contributed by atoms with van der Waals surface area (Å²) in [4.78, 5) is 24.1. The minimum Gasteiger partial charge on any atom is -0.377 e. The summed E-state index contributed by atoms with van der Waals surface area (Å²) in [5.74, 6) is 1.18. The van der Waals surface area contributed by atoms with Crippen LogP contribution in [0.3, 0.4) is 0 Å². The van der Waals surface area contributed by atoms with Gasteiger partial charge in [-0.05, 0) is 13.8 Å². The molecule has 0 saturated carbocycles. The summed E-state index contributed by atoms with van der Waals surface area (Å²) in [5, 5.41) is 4.93. The van der Waals surface area contributed by atoms with Gasteiger partial charge in [-0.1, -0.05) is 19.0 Å². The predicted molar refractivity (Wildman–Crippen MR) is 84.6 cm³/mol. The van der Waals surface area contributed by atoms with Crippen molar-refractivity contribution in [3.8, 4) is 0 Å². The molecule has 2 aromatic rings. The zero-order chi connectivity index (χ0) is 16.6. The summed E-state index contributed by atoms with van der Waals surface area (Å²) in [6.45, 7) is 9.12. The summed E-state index contributed by atoms with van der Waals surface area (Å²) >= 11 is 1.42. The lowest BCUT2D eigenvalue weighted by atomic mass is 10.2. The van der Waals surface area contributed by atoms with E-state index in [2.05, 4.69) is 15.1 Å². The minimum atomic E-state index is -0.325. The Morgan fingerprint density at radius 1 is 1.35 bits per heavy atom. The number of morpholine rings is 1. The van der Waals surface area contributed by atoms with Crippen LogP contribution in [0.1, 0.15) is 57.9 Å². The number of ether oxygens (including phenoxy) is 1. The fourth-order valence-electron chi connectivity index (χ4n) is 2.54. The maximum Gasteiger partial charge on any atom is 0.266 e. The number of carbonyl (C=O) groups excluding carboxylic acids is 1. The Morgan fingerprint density at radius 2 is 2.13 bits per heavy atom. The molecule has 0 N–H and O–H groups in total. The Bertz CT molecular complexity index is 709. The number of thiazole rings is 1. The fourth-order valence-corrected chi connectivity index (χ4v) is 3.41. The van der Waals surface area contributed by atoms with E-state index in [0.29, 0.717) is 36.4 Å². The second-order valence-corrected chi connectivity index (χ2v) is 7.09. The highest BCUT2D eigenvalue weighted by Gasteiger charge is 2.34. The van der Waals surface area contributed by atoms with Crippen LogP contribution in [0.2, 0.25) is 0 Å². The molecule has 1 fully saturated rings. The molecule has 0 bridgehead atoms. The zero-order valence-electron chi connectivity index (χ0n) is 13.7. The molecule has 1 aliphatic rings. The van der Waals surface area contributed by atoms with Gasteiger partial charge in [0.2, 0.25) is 5.89 Å². The summed E-state index contributed by atoms with van der Waals surface area (Å²) < 4.78 is 10.8. The van der Waals surface area contributed by atoms with Gasteiger partial charge >= 0.3 is 0 Å². The van der Waals surface area contributed by atoms with Crippen LogP contribution in [0, 0.1) is 13.8 Å². The quantitative estimate of drug-likeness (QED) is 0.856. The molecule has 1 saturated heterocycles. The first kappa shape index (κ1) is 16.1. The van der Waals surface area contributed by atoms with Gasteiger partial charge in [-0.25, -0.2) is 4.98 Å². The second kappa shape index (κ2) is 6.37. The van der Waals surface area contributed by atoms with Crippen molar-refractivity contribution in [2.75, 3.05) is 19.8 Å². The van der Waals surface area contributed by atoms with E-state index in [4.69, 9.17) is 9.26 Å². The molecule has 0 radical (unpaired) electrons. The molecule has 0 aliphatic carbocycles. The number of carbonyl (C=O) groups is 1. The maximum atomic E-state index is 12.9. The zero-order valence-corrected chi connectivity index (χ0v) is 14.5. The number of rotatable bonds is 3. The molecule has 0 spiro atoms. The monoisotopic (exact) mass is 336 g/mol. The van der Waals surface area contributed by atoms with Crippen molar-refractivity contribution in [1.82, 2.24) is 20.0 Å². The van der Waals surface area contributed by atoms with Crippen molar-refractivity contribution >= 4 is 17.2 Å². The summed E-state index contributed by atoms with van der Waals surface area (Å²) in [6, 6.07) is -0.325. The SMILES string of the molecule is Cc1nc(C)c(C(=O)N2CCOC[C@H]2c2noc(C(C)C)n2)s1. The van der Waals surface area contributed by atoms with E-state index in [1.54, 1.807) is 4.90 Å². The van der Waals surface area contributed by atoms with Crippen molar-refractivity contribution in [3.05, 3.63) is 27.3 Å². The van der Waals surface area contributed by atoms with Gasteiger partial charge < -0.3 is 14.2 Å². The normalized spacial score (nSPS) is 18.7. The number of hydrogen-bond acceptors (Lipinski definition) is 7. The Balaban J connectivity index is 1.89. The largest absolute Gasteiger partial charge is 0.377 e. The van der Waals surface area contributed by atoms with Crippen LogP contribution in [0.25, 0.3) is 0 Å². The Morgan fingerprint density at radius 3 is 2.74 bits per heavy atom. The molecule has 7 nitrogen and oxygen atoms in total. The van der Waals surface area contributed by atoms with Crippen LogP contribution < -0.4 is 0 Å². The Kier molecular flexibility index (Phi) is 4.45. The molecule has 0 aromatic carbocycles. The van der Waals surface area contributed by atoms with E-state index >= 15 is 0 Å². The molecule has 3 heterocycles. The van der Waals surface area contributed by atoms with E-state index in [1.807, 2.05) is 27.7 Å². The van der Waals surface area contributed by atoms with Gasteiger partial charge in [0.15, 0.2) is 5.82 Å². The average Bonchev–Trinajstić information content (AvgIpc) is 3.13. The Labute approximate surface area is 138 Å². The smallest absolute Gasteiger partial charge is 0.266 e. The standard InChI is InChI=1S/C15H20N4O3S/c1-8(2)14-17-13(18-22-14)11-7-21-6-5-19(11)15(20)12-9(3)16-10(4)23-12/h8,11H,5-7H2,1-4H3/t11-/m0/s1. The molecule has 1 aliphatic heterocycles. The molecule has 0 unspecified atom stereocenters. The predicted octanol–water partition coefficient (Wildman–Crippen LogP) is 2.48. The van der Waals surface area contributed by atoms with Crippen LogP contribution in [-0.4, -0.2) is 45.7 Å². The lowest BCUT2D eigenvalue weighted by molar-refractivity contribution is -0.00556. The number of aryl methyl sites for hydroxylation is 2. The molecular formula is C15H20N4O3S. The number of nitrogens with zero attached hydrogens (tertiary/aromatic N) is 4. The van der Waals surface area contributed by atoms with Gasteiger partial charge in [0.25, 0.3) is 5.91 Å². The minimum absolute atomic E-state index is 0.0442. The van der Waals surface area contributed by atoms with Crippen LogP contribution in [-0.2, 0) is 4.74 Å². The molecular weight excluding hydrogens is 316 g/mol. The van der Waals surface area contributed by atoms with Gasteiger partial charge in [-0.3, -0.25) is 4.79 Å².